The molecular weight excluding hydrogens is 319 g/mol. The second-order valence-electron chi connectivity index (χ2n) is 4.21. The fraction of sp³-hybridized carbons (Fsp3) is 0.364. The molecule has 0 aliphatic carbocycles. The molecule has 0 N–H and O–H groups in total. The Balaban J connectivity index is 3.02. The van der Waals surface area contributed by atoms with Crippen LogP contribution in [0.25, 0.3) is 0 Å². The molecule has 0 amide bonds. The molecule has 5 heteroatoms. The van der Waals surface area contributed by atoms with Gasteiger partial charge >= 0.3 is 0 Å². The molecule has 1 rings (SSSR count). The van der Waals surface area contributed by atoms with Crippen LogP contribution >= 0.6 is 22.6 Å². The predicted molar refractivity (Wildman–Crippen MR) is 68.9 cm³/mol. The highest BCUT2D eigenvalue weighted by atomic mass is 127. The van der Waals surface area contributed by atoms with E-state index in [4.69, 9.17) is 5.26 Å². The quantitative estimate of drug-likeness (QED) is 0.485. The van der Waals surface area contributed by atoms with Crippen molar-refractivity contribution in [2.45, 2.75) is 20.3 Å². The summed E-state index contributed by atoms with van der Waals surface area (Å²) in [7, 11) is 0. The monoisotopic (exact) mass is 330 g/mol. The third kappa shape index (κ3) is 3.17. The van der Waals surface area contributed by atoms with Crippen LogP contribution in [0.15, 0.2) is 18.2 Å². The summed E-state index contributed by atoms with van der Waals surface area (Å²) < 4.78 is 0.829. The minimum absolute atomic E-state index is 0.0860. The van der Waals surface area contributed by atoms with Crippen molar-refractivity contribution in [1.82, 2.24) is 0 Å². The van der Waals surface area contributed by atoms with E-state index in [2.05, 4.69) is 28.7 Å². The molecule has 1 aromatic rings. The Bertz CT molecular complexity index is 464. The third-order valence-corrected chi connectivity index (χ3v) is 3.19. The summed E-state index contributed by atoms with van der Waals surface area (Å²) in [4.78, 5) is 10.1. The van der Waals surface area contributed by atoms with Crippen molar-refractivity contribution in [3.63, 3.8) is 0 Å². The Morgan fingerprint density at radius 2 is 2.19 bits per heavy atom. The van der Waals surface area contributed by atoms with Gasteiger partial charge in [0.15, 0.2) is 0 Å². The molecule has 0 bridgehead atoms. The molecule has 0 saturated carbocycles. The van der Waals surface area contributed by atoms with Crippen LogP contribution in [-0.2, 0) is 6.42 Å². The molecule has 0 spiro atoms. The summed E-state index contributed by atoms with van der Waals surface area (Å²) in [6.07, 6.45) is 0.597. The third-order valence-electron chi connectivity index (χ3n) is 2.18. The maximum absolute atomic E-state index is 10.6. The van der Waals surface area contributed by atoms with Gasteiger partial charge in [0.2, 0.25) is 0 Å². The summed E-state index contributed by atoms with van der Waals surface area (Å²) in [6, 6.07) is 6.95. The Labute approximate surface area is 108 Å². The van der Waals surface area contributed by atoms with Crippen molar-refractivity contribution in [3.8, 4) is 6.07 Å². The van der Waals surface area contributed by atoms with Gasteiger partial charge in [-0.1, -0.05) is 6.07 Å². The first-order chi connectivity index (χ1) is 7.35. The van der Waals surface area contributed by atoms with E-state index in [9.17, 15) is 10.1 Å². The molecule has 0 aromatic heterocycles. The number of nitriles is 1. The summed E-state index contributed by atoms with van der Waals surface area (Å²) in [5.74, 6) is 0. The standard InChI is InChI=1S/C11H11IN2O2/c1-11(2,7-13)6-8-3-4-9(14(15)16)5-10(8)12/h3-5H,6H2,1-2H3. The smallest absolute Gasteiger partial charge is 0.258 e. The number of rotatable bonds is 3. The molecule has 0 unspecified atom stereocenters. The zero-order valence-electron chi connectivity index (χ0n) is 9.03. The Kier molecular flexibility index (Phi) is 3.86. The lowest BCUT2D eigenvalue weighted by molar-refractivity contribution is -0.385. The number of hydrogen-bond acceptors (Lipinski definition) is 3. The van der Waals surface area contributed by atoms with Gasteiger partial charge < -0.3 is 0 Å². The number of halogens is 1. The number of non-ortho nitro benzene ring substituents is 1. The molecule has 0 aliphatic rings. The Morgan fingerprint density at radius 3 is 2.62 bits per heavy atom. The van der Waals surface area contributed by atoms with Crippen LogP contribution in [0.4, 0.5) is 5.69 Å². The second-order valence-corrected chi connectivity index (χ2v) is 5.37. The van der Waals surface area contributed by atoms with Crippen LogP contribution in [-0.4, -0.2) is 4.92 Å². The maximum Gasteiger partial charge on any atom is 0.270 e. The van der Waals surface area contributed by atoms with Crippen molar-refractivity contribution in [1.29, 1.82) is 5.26 Å². The molecule has 4 nitrogen and oxygen atoms in total. The molecule has 0 heterocycles. The van der Waals surface area contributed by atoms with Gasteiger partial charge in [-0.2, -0.15) is 5.26 Å². The van der Waals surface area contributed by atoms with Crippen LogP contribution in [0.5, 0.6) is 0 Å². The maximum atomic E-state index is 10.6. The number of nitro benzene ring substituents is 1. The van der Waals surface area contributed by atoms with Crippen molar-refractivity contribution in [2.75, 3.05) is 0 Å². The summed E-state index contributed by atoms with van der Waals surface area (Å²) in [6.45, 7) is 3.70. The van der Waals surface area contributed by atoms with E-state index in [1.165, 1.54) is 12.1 Å². The van der Waals surface area contributed by atoms with Gasteiger partial charge in [-0.15, -0.1) is 0 Å². The zero-order valence-corrected chi connectivity index (χ0v) is 11.2. The summed E-state index contributed by atoms with van der Waals surface area (Å²) in [5, 5.41) is 19.5. The summed E-state index contributed by atoms with van der Waals surface area (Å²) in [5.41, 5.74) is 0.608. The van der Waals surface area contributed by atoms with Crippen LogP contribution < -0.4 is 0 Å². The van der Waals surface area contributed by atoms with Gasteiger partial charge in [0, 0.05) is 15.7 Å². The first-order valence-electron chi connectivity index (χ1n) is 4.70. The second kappa shape index (κ2) is 4.78. The van der Waals surface area contributed by atoms with E-state index < -0.39 is 10.3 Å². The van der Waals surface area contributed by atoms with Gasteiger partial charge in [0.1, 0.15) is 0 Å². The first-order valence-corrected chi connectivity index (χ1v) is 5.78. The highest BCUT2D eigenvalue weighted by Crippen LogP contribution is 2.26. The average Bonchev–Trinajstić information content (AvgIpc) is 2.20. The minimum Gasteiger partial charge on any atom is -0.258 e. The van der Waals surface area contributed by atoms with Crippen LogP contribution in [0, 0.1) is 30.4 Å². The highest BCUT2D eigenvalue weighted by Gasteiger charge is 2.19. The molecule has 0 atom stereocenters. The van der Waals surface area contributed by atoms with Gasteiger partial charge in [-0.25, -0.2) is 0 Å². The van der Waals surface area contributed by atoms with Gasteiger partial charge in [-0.3, -0.25) is 10.1 Å². The highest BCUT2D eigenvalue weighted by molar-refractivity contribution is 14.1. The predicted octanol–water partition coefficient (Wildman–Crippen LogP) is 3.29. The van der Waals surface area contributed by atoms with E-state index in [-0.39, 0.29) is 5.69 Å². The normalized spacial score (nSPS) is 10.9. The largest absolute Gasteiger partial charge is 0.270 e. The molecular formula is C11H11IN2O2. The molecule has 0 saturated heterocycles. The molecule has 0 radical (unpaired) electrons. The Morgan fingerprint density at radius 1 is 1.56 bits per heavy atom. The molecule has 0 aliphatic heterocycles. The van der Waals surface area contributed by atoms with Crippen molar-refractivity contribution >= 4 is 28.3 Å². The van der Waals surface area contributed by atoms with E-state index in [0.717, 1.165) is 9.13 Å². The van der Waals surface area contributed by atoms with Crippen molar-refractivity contribution < 1.29 is 4.92 Å². The number of benzene rings is 1. The number of nitro groups is 1. The minimum atomic E-state index is -0.448. The van der Waals surface area contributed by atoms with Gasteiger partial charge in [0.25, 0.3) is 5.69 Å². The lowest BCUT2D eigenvalue weighted by Gasteiger charge is -2.15. The topological polar surface area (TPSA) is 66.9 Å². The first kappa shape index (κ1) is 12.9. The average molecular weight is 330 g/mol. The van der Waals surface area contributed by atoms with Crippen molar-refractivity contribution in [2.24, 2.45) is 5.41 Å². The summed E-state index contributed by atoms with van der Waals surface area (Å²) >= 11 is 2.06. The lowest BCUT2D eigenvalue weighted by atomic mass is 9.87. The van der Waals surface area contributed by atoms with E-state index in [1.54, 1.807) is 6.07 Å². The number of hydrogen-bond donors (Lipinski definition) is 0. The molecule has 1 aromatic carbocycles. The molecule has 0 fully saturated rings. The Hall–Kier alpha value is -1.16. The van der Waals surface area contributed by atoms with Gasteiger partial charge in [0.05, 0.1) is 16.4 Å². The van der Waals surface area contributed by atoms with Crippen molar-refractivity contribution in [3.05, 3.63) is 37.4 Å². The fourth-order valence-corrected chi connectivity index (χ4v) is 2.00. The zero-order chi connectivity index (χ0) is 12.3. The van der Waals surface area contributed by atoms with E-state index in [1.807, 2.05) is 13.8 Å². The van der Waals surface area contributed by atoms with E-state index in [0.29, 0.717) is 6.42 Å². The number of nitrogens with zero attached hydrogens (tertiary/aromatic N) is 2. The van der Waals surface area contributed by atoms with Gasteiger partial charge in [-0.05, 0) is 48.4 Å². The van der Waals surface area contributed by atoms with Crippen LogP contribution in [0.3, 0.4) is 0 Å². The van der Waals surface area contributed by atoms with Crippen LogP contribution in [0.1, 0.15) is 19.4 Å². The molecule has 16 heavy (non-hydrogen) atoms. The lowest BCUT2D eigenvalue weighted by Crippen LogP contribution is -2.12. The SMILES string of the molecule is CC(C)(C#N)Cc1ccc([N+](=O)[O-])cc1I. The van der Waals surface area contributed by atoms with Crippen LogP contribution in [0.2, 0.25) is 0 Å². The molecule has 84 valence electrons. The fourth-order valence-electron chi connectivity index (χ4n) is 1.31. The van der Waals surface area contributed by atoms with E-state index >= 15 is 0 Å².